The molecular formula is C23H18N4O3. The highest BCUT2D eigenvalue weighted by Crippen LogP contribution is 2.33. The molecule has 2 aromatic heterocycles. The maximum Gasteiger partial charge on any atom is 0.274 e. The minimum atomic E-state index is -0.293. The summed E-state index contributed by atoms with van der Waals surface area (Å²) in [6, 6.07) is 18.6. The lowest BCUT2D eigenvalue weighted by Gasteiger charge is -2.19. The zero-order chi connectivity index (χ0) is 20.3. The van der Waals surface area contributed by atoms with Gasteiger partial charge in [0.05, 0.1) is 23.1 Å². The second kappa shape index (κ2) is 7.71. The van der Waals surface area contributed by atoms with E-state index < -0.39 is 0 Å². The maximum atomic E-state index is 12.6. The first-order valence-corrected chi connectivity index (χ1v) is 9.54. The standard InChI is InChI=1S/C23H18N4O3/c28-23(27-18-5-1-3-15-4-2-10-24-22(15)18)19-8-6-17(14-25-19)26-16-7-9-20-21(13-16)30-12-11-29-20/h1-10,13-14,26H,11-12H2,(H,27,28). The van der Waals surface area contributed by atoms with Crippen LogP contribution in [0.5, 0.6) is 11.5 Å². The van der Waals surface area contributed by atoms with Crippen LogP contribution in [0.3, 0.4) is 0 Å². The van der Waals surface area contributed by atoms with E-state index in [1.165, 1.54) is 0 Å². The van der Waals surface area contributed by atoms with Crippen molar-refractivity contribution in [2.24, 2.45) is 0 Å². The quantitative estimate of drug-likeness (QED) is 0.530. The molecule has 0 atom stereocenters. The van der Waals surface area contributed by atoms with Gasteiger partial charge in [-0.2, -0.15) is 0 Å². The summed E-state index contributed by atoms with van der Waals surface area (Å²) >= 11 is 0. The molecular weight excluding hydrogens is 380 g/mol. The second-order valence-electron chi connectivity index (χ2n) is 6.75. The number of para-hydroxylation sites is 1. The van der Waals surface area contributed by atoms with E-state index in [0.717, 1.165) is 28.0 Å². The number of ether oxygens (including phenoxy) is 2. The summed E-state index contributed by atoms with van der Waals surface area (Å²) in [7, 11) is 0. The Hall–Kier alpha value is -4.13. The lowest BCUT2D eigenvalue weighted by molar-refractivity contribution is 0.102. The van der Waals surface area contributed by atoms with Crippen molar-refractivity contribution in [3.05, 3.63) is 78.8 Å². The number of anilines is 3. The zero-order valence-electron chi connectivity index (χ0n) is 16.0. The fourth-order valence-corrected chi connectivity index (χ4v) is 3.28. The molecule has 2 aromatic carbocycles. The third-order valence-corrected chi connectivity index (χ3v) is 4.71. The predicted octanol–water partition coefficient (Wildman–Crippen LogP) is 4.40. The predicted molar refractivity (Wildman–Crippen MR) is 115 cm³/mol. The van der Waals surface area contributed by atoms with Crippen LogP contribution in [0.25, 0.3) is 10.9 Å². The van der Waals surface area contributed by atoms with Crippen LogP contribution in [-0.4, -0.2) is 29.1 Å². The van der Waals surface area contributed by atoms with Crippen LogP contribution in [-0.2, 0) is 0 Å². The molecule has 0 radical (unpaired) electrons. The second-order valence-corrected chi connectivity index (χ2v) is 6.75. The fourth-order valence-electron chi connectivity index (χ4n) is 3.28. The maximum absolute atomic E-state index is 12.6. The van der Waals surface area contributed by atoms with Crippen LogP contribution in [0.4, 0.5) is 17.1 Å². The molecule has 0 fully saturated rings. The van der Waals surface area contributed by atoms with Gasteiger partial charge in [-0.05, 0) is 36.4 Å². The number of benzene rings is 2. The van der Waals surface area contributed by atoms with Crippen LogP contribution in [0.1, 0.15) is 10.5 Å². The molecule has 1 amide bonds. The molecule has 7 nitrogen and oxygen atoms in total. The number of rotatable bonds is 4. The topological polar surface area (TPSA) is 85.4 Å². The first-order valence-electron chi connectivity index (χ1n) is 9.54. The molecule has 3 heterocycles. The van der Waals surface area contributed by atoms with Gasteiger partial charge >= 0.3 is 0 Å². The summed E-state index contributed by atoms with van der Waals surface area (Å²) in [4.78, 5) is 21.3. The van der Waals surface area contributed by atoms with Gasteiger partial charge in [-0.15, -0.1) is 0 Å². The summed E-state index contributed by atoms with van der Waals surface area (Å²) in [6.07, 6.45) is 3.32. The van der Waals surface area contributed by atoms with E-state index in [2.05, 4.69) is 20.6 Å². The van der Waals surface area contributed by atoms with E-state index in [1.54, 1.807) is 24.5 Å². The molecule has 5 rings (SSSR count). The van der Waals surface area contributed by atoms with Gasteiger partial charge in [0.1, 0.15) is 18.9 Å². The van der Waals surface area contributed by atoms with Crippen molar-refractivity contribution in [3.8, 4) is 11.5 Å². The molecule has 2 N–H and O–H groups in total. The Bertz CT molecular complexity index is 1220. The smallest absolute Gasteiger partial charge is 0.274 e. The molecule has 0 saturated carbocycles. The van der Waals surface area contributed by atoms with Crippen molar-refractivity contribution in [1.29, 1.82) is 0 Å². The first-order chi connectivity index (χ1) is 14.8. The van der Waals surface area contributed by atoms with E-state index in [1.807, 2.05) is 48.5 Å². The number of nitrogens with zero attached hydrogens (tertiary/aromatic N) is 2. The normalized spacial score (nSPS) is 12.4. The number of hydrogen-bond acceptors (Lipinski definition) is 6. The Kier molecular flexibility index (Phi) is 4.61. The Morgan fingerprint density at radius 3 is 2.57 bits per heavy atom. The van der Waals surface area contributed by atoms with Crippen LogP contribution >= 0.6 is 0 Å². The number of amides is 1. The van der Waals surface area contributed by atoms with E-state index in [4.69, 9.17) is 9.47 Å². The van der Waals surface area contributed by atoms with E-state index in [-0.39, 0.29) is 5.91 Å². The molecule has 148 valence electrons. The van der Waals surface area contributed by atoms with Gasteiger partial charge in [0, 0.05) is 23.3 Å². The van der Waals surface area contributed by atoms with E-state index in [0.29, 0.717) is 30.3 Å². The monoisotopic (exact) mass is 398 g/mol. The number of pyridine rings is 2. The summed E-state index contributed by atoms with van der Waals surface area (Å²) < 4.78 is 11.1. The van der Waals surface area contributed by atoms with Gasteiger partial charge < -0.3 is 20.1 Å². The molecule has 0 spiro atoms. The molecule has 30 heavy (non-hydrogen) atoms. The third-order valence-electron chi connectivity index (χ3n) is 4.71. The number of aromatic nitrogens is 2. The van der Waals surface area contributed by atoms with Gasteiger partial charge in [-0.25, -0.2) is 4.98 Å². The average Bonchev–Trinajstić information content (AvgIpc) is 2.80. The van der Waals surface area contributed by atoms with Crippen molar-refractivity contribution < 1.29 is 14.3 Å². The summed E-state index contributed by atoms with van der Waals surface area (Å²) in [5.74, 6) is 1.15. The van der Waals surface area contributed by atoms with Gasteiger partial charge in [0.2, 0.25) is 0 Å². The molecule has 0 unspecified atom stereocenters. The minimum absolute atomic E-state index is 0.293. The molecule has 1 aliphatic rings. The molecule has 0 aliphatic carbocycles. The van der Waals surface area contributed by atoms with Gasteiger partial charge in [0.15, 0.2) is 11.5 Å². The Morgan fingerprint density at radius 1 is 0.867 bits per heavy atom. The average molecular weight is 398 g/mol. The van der Waals surface area contributed by atoms with E-state index >= 15 is 0 Å². The van der Waals surface area contributed by atoms with E-state index in [9.17, 15) is 4.79 Å². The van der Waals surface area contributed by atoms with Gasteiger partial charge in [0.25, 0.3) is 5.91 Å². The highest BCUT2D eigenvalue weighted by atomic mass is 16.6. The number of carbonyl (C=O) groups is 1. The molecule has 0 bridgehead atoms. The molecule has 4 aromatic rings. The molecule has 1 aliphatic heterocycles. The minimum Gasteiger partial charge on any atom is -0.486 e. The highest BCUT2D eigenvalue weighted by molar-refractivity contribution is 6.07. The number of carbonyl (C=O) groups excluding carboxylic acids is 1. The third kappa shape index (κ3) is 3.60. The van der Waals surface area contributed by atoms with Crippen molar-refractivity contribution in [1.82, 2.24) is 9.97 Å². The Morgan fingerprint density at radius 2 is 1.70 bits per heavy atom. The summed E-state index contributed by atoms with van der Waals surface area (Å²) in [5.41, 5.74) is 3.31. The Balaban J connectivity index is 1.30. The van der Waals surface area contributed by atoms with Crippen molar-refractivity contribution >= 4 is 33.9 Å². The number of nitrogens with one attached hydrogen (secondary N) is 2. The SMILES string of the molecule is O=C(Nc1cccc2cccnc12)c1ccc(Nc2ccc3c(c2)OCCO3)cn1. The van der Waals surface area contributed by atoms with Crippen molar-refractivity contribution in [2.75, 3.05) is 23.8 Å². The van der Waals surface area contributed by atoms with Gasteiger partial charge in [-0.3, -0.25) is 9.78 Å². The van der Waals surface area contributed by atoms with Crippen molar-refractivity contribution in [2.45, 2.75) is 0 Å². The largest absolute Gasteiger partial charge is 0.486 e. The van der Waals surface area contributed by atoms with Crippen LogP contribution in [0, 0.1) is 0 Å². The van der Waals surface area contributed by atoms with Crippen LogP contribution in [0.2, 0.25) is 0 Å². The van der Waals surface area contributed by atoms with Gasteiger partial charge in [-0.1, -0.05) is 18.2 Å². The number of fused-ring (bicyclic) bond motifs is 2. The molecule has 0 saturated heterocycles. The van der Waals surface area contributed by atoms with Crippen LogP contribution in [0.15, 0.2) is 73.1 Å². The summed E-state index contributed by atoms with van der Waals surface area (Å²) in [6.45, 7) is 1.09. The molecule has 7 heteroatoms. The first kappa shape index (κ1) is 17.9. The lowest BCUT2D eigenvalue weighted by Crippen LogP contribution is -2.15. The lowest BCUT2D eigenvalue weighted by atomic mass is 10.2. The van der Waals surface area contributed by atoms with Crippen molar-refractivity contribution in [3.63, 3.8) is 0 Å². The highest BCUT2D eigenvalue weighted by Gasteiger charge is 2.13. The Labute approximate surface area is 172 Å². The number of hydrogen-bond donors (Lipinski definition) is 2. The fraction of sp³-hybridized carbons (Fsp3) is 0.0870. The summed E-state index contributed by atoms with van der Waals surface area (Å²) in [5, 5.41) is 7.10. The van der Waals surface area contributed by atoms with Crippen LogP contribution < -0.4 is 20.1 Å². The zero-order valence-corrected chi connectivity index (χ0v) is 16.0.